The van der Waals surface area contributed by atoms with E-state index >= 15 is 0 Å². The van der Waals surface area contributed by atoms with Gasteiger partial charge >= 0.3 is 5.97 Å². The molecule has 1 heterocycles. The number of hydrogen-bond donors (Lipinski definition) is 2. The van der Waals surface area contributed by atoms with Crippen LogP contribution in [0.25, 0.3) is 0 Å². The fourth-order valence-corrected chi connectivity index (χ4v) is 2.77. The molecule has 0 saturated carbocycles. The largest absolute Gasteiger partial charge is 0.481 e. The second-order valence-corrected chi connectivity index (χ2v) is 6.01. The maximum atomic E-state index is 11.6. The second kappa shape index (κ2) is 8.71. The predicted molar refractivity (Wildman–Crippen MR) is 81.2 cm³/mol. The Morgan fingerprint density at radius 1 is 1.43 bits per heavy atom. The summed E-state index contributed by atoms with van der Waals surface area (Å²) in [7, 11) is 0. The average molecular weight is 314 g/mol. The lowest BCUT2D eigenvalue weighted by molar-refractivity contribution is -0.141. The summed E-state index contributed by atoms with van der Waals surface area (Å²) in [5.41, 5.74) is 1.91. The van der Waals surface area contributed by atoms with E-state index in [9.17, 15) is 9.59 Å². The zero-order valence-corrected chi connectivity index (χ0v) is 13.5. The van der Waals surface area contributed by atoms with Crippen molar-refractivity contribution in [1.29, 1.82) is 0 Å². The van der Waals surface area contributed by atoms with Crippen LogP contribution in [-0.4, -0.2) is 34.4 Å². The number of hydrogen-bond acceptors (Lipinski definition) is 5. The van der Waals surface area contributed by atoms with E-state index in [0.29, 0.717) is 30.9 Å². The number of rotatable bonds is 9. The van der Waals surface area contributed by atoms with Crippen LogP contribution in [0.4, 0.5) is 0 Å². The molecule has 1 rings (SSSR count). The number of nitrogens with one attached hydrogen (secondary N) is 1. The van der Waals surface area contributed by atoms with Crippen molar-refractivity contribution >= 4 is 23.6 Å². The van der Waals surface area contributed by atoms with Gasteiger partial charge in [0.05, 0.1) is 17.4 Å². The van der Waals surface area contributed by atoms with Crippen molar-refractivity contribution in [2.45, 2.75) is 39.4 Å². The van der Waals surface area contributed by atoms with Crippen LogP contribution in [0.1, 0.15) is 36.8 Å². The van der Waals surface area contributed by atoms with Gasteiger partial charge in [0.1, 0.15) is 5.76 Å². The number of aliphatic carboxylic acids is 1. The minimum atomic E-state index is -0.795. The van der Waals surface area contributed by atoms with Crippen LogP contribution in [0.15, 0.2) is 4.52 Å². The molecular formula is C14H22N2O4S. The van der Waals surface area contributed by atoms with Crippen molar-refractivity contribution in [3.8, 4) is 0 Å². The van der Waals surface area contributed by atoms with Crippen LogP contribution in [0, 0.1) is 19.8 Å². The van der Waals surface area contributed by atoms with E-state index in [2.05, 4.69) is 10.5 Å². The standard InChI is InChI=1S/C14H22N2O4S/c1-9(14(18)19)5-4-6-15-13(17)8-21-7-12-10(2)16-20-11(12)3/h9H,4-8H2,1-3H3,(H,15,17)(H,18,19). The van der Waals surface area contributed by atoms with Crippen molar-refractivity contribution in [2.75, 3.05) is 12.3 Å². The highest BCUT2D eigenvalue weighted by Crippen LogP contribution is 2.19. The van der Waals surface area contributed by atoms with Gasteiger partial charge in [-0.2, -0.15) is 0 Å². The third-order valence-electron chi connectivity index (χ3n) is 3.22. The molecule has 0 aliphatic carbocycles. The molecule has 1 amide bonds. The molecule has 1 aromatic heterocycles. The third-order valence-corrected chi connectivity index (χ3v) is 4.18. The van der Waals surface area contributed by atoms with Gasteiger partial charge in [0.25, 0.3) is 0 Å². The fraction of sp³-hybridized carbons (Fsp3) is 0.643. The Morgan fingerprint density at radius 3 is 2.71 bits per heavy atom. The lowest BCUT2D eigenvalue weighted by Crippen LogP contribution is -2.26. The van der Waals surface area contributed by atoms with Crippen LogP contribution in [0.3, 0.4) is 0 Å². The average Bonchev–Trinajstić information content (AvgIpc) is 2.74. The topological polar surface area (TPSA) is 92.4 Å². The van der Waals surface area contributed by atoms with Crippen LogP contribution in [0.5, 0.6) is 0 Å². The number of carboxylic acids is 1. The summed E-state index contributed by atoms with van der Waals surface area (Å²) in [4.78, 5) is 22.3. The van der Waals surface area contributed by atoms with E-state index in [-0.39, 0.29) is 11.8 Å². The van der Waals surface area contributed by atoms with E-state index in [0.717, 1.165) is 17.0 Å². The number of nitrogens with zero attached hydrogens (tertiary/aromatic N) is 1. The first-order valence-electron chi connectivity index (χ1n) is 6.90. The number of carbonyl (C=O) groups is 2. The fourth-order valence-electron chi connectivity index (χ4n) is 1.76. The Hall–Kier alpha value is -1.50. The van der Waals surface area contributed by atoms with Gasteiger partial charge in [-0.1, -0.05) is 12.1 Å². The Balaban J connectivity index is 2.13. The van der Waals surface area contributed by atoms with Gasteiger partial charge in [-0.05, 0) is 26.7 Å². The Labute approximate surface area is 128 Å². The molecule has 118 valence electrons. The molecule has 1 atom stereocenters. The molecule has 0 fully saturated rings. The zero-order valence-electron chi connectivity index (χ0n) is 12.6. The Morgan fingerprint density at radius 2 is 2.14 bits per heavy atom. The molecule has 6 nitrogen and oxygen atoms in total. The maximum absolute atomic E-state index is 11.6. The van der Waals surface area contributed by atoms with E-state index in [1.54, 1.807) is 6.92 Å². The van der Waals surface area contributed by atoms with Crippen LogP contribution in [-0.2, 0) is 15.3 Å². The quantitative estimate of drug-likeness (QED) is 0.678. The SMILES string of the molecule is Cc1noc(C)c1CSCC(=O)NCCCC(C)C(=O)O. The number of aryl methyl sites for hydroxylation is 2. The summed E-state index contributed by atoms with van der Waals surface area (Å²) in [6.45, 7) is 5.93. The lowest BCUT2D eigenvalue weighted by Gasteiger charge is -2.07. The highest BCUT2D eigenvalue weighted by Gasteiger charge is 2.11. The van der Waals surface area contributed by atoms with Crippen LogP contribution >= 0.6 is 11.8 Å². The molecule has 0 aliphatic heterocycles. The minimum absolute atomic E-state index is 0.0326. The first-order chi connectivity index (χ1) is 9.91. The smallest absolute Gasteiger partial charge is 0.306 e. The third kappa shape index (κ3) is 6.20. The lowest BCUT2D eigenvalue weighted by atomic mass is 10.1. The van der Waals surface area contributed by atoms with E-state index in [1.807, 2.05) is 13.8 Å². The molecule has 0 radical (unpaired) electrons. The van der Waals surface area contributed by atoms with Gasteiger partial charge in [0.15, 0.2) is 0 Å². The number of carbonyl (C=O) groups excluding carboxylic acids is 1. The number of carboxylic acid groups (broad SMARTS) is 1. The van der Waals surface area contributed by atoms with Crippen molar-refractivity contribution in [3.05, 3.63) is 17.0 Å². The van der Waals surface area contributed by atoms with Gasteiger partial charge in [-0.25, -0.2) is 0 Å². The molecule has 21 heavy (non-hydrogen) atoms. The number of thioether (sulfide) groups is 1. The van der Waals surface area contributed by atoms with E-state index < -0.39 is 5.97 Å². The van der Waals surface area contributed by atoms with Crippen molar-refractivity contribution in [1.82, 2.24) is 10.5 Å². The van der Waals surface area contributed by atoms with Crippen molar-refractivity contribution in [2.24, 2.45) is 5.92 Å². The summed E-state index contributed by atoms with van der Waals surface area (Å²) < 4.78 is 5.06. The van der Waals surface area contributed by atoms with Gasteiger partial charge in [-0.3, -0.25) is 9.59 Å². The molecule has 1 unspecified atom stereocenters. The molecule has 7 heteroatoms. The summed E-state index contributed by atoms with van der Waals surface area (Å²) >= 11 is 1.51. The predicted octanol–water partition coefficient (Wildman–Crippen LogP) is 2.14. The maximum Gasteiger partial charge on any atom is 0.306 e. The summed E-state index contributed by atoms with van der Waals surface area (Å²) in [5, 5.41) is 15.4. The molecule has 0 aliphatic rings. The monoisotopic (exact) mass is 314 g/mol. The zero-order chi connectivity index (χ0) is 15.8. The normalized spacial score (nSPS) is 12.1. The van der Waals surface area contributed by atoms with Gasteiger partial charge in [-0.15, -0.1) is 11.8 Å². The summed E-state index contributed by atoms with van der Waals surface area (Å²) in [5.74, 6) is 0.674. The molecule has 1 aromatic rings. The van der Waals surface area contributed by atoms with Crippen LogP contribution in [0.2, 0.25) is 0 Å². The van der Waals surface area contributed by atoms with Crippen LogP contribution < -0.4 is 5.32 Å². The van der Waals surface area contributed by atoms with Crippen molar-refractivity contribution in [3.63, 3.8) is 0 Å². The molecule has 0 aromatic carbocycles. The Kier molecular flexibility index (Phi) is 7.28. The van der Waals surface area contributed by atoms with Gasteiger partial charge in [0.2, 0.25) is 5.91 Å². The summed E-state index contributed by atoms with van der Waals surface area (Å²) in [6.07, 6.45) is 1.25. The molecule has 0 spiro atoms. The second-order valence-electron chi connectivity index (χ2n) is 5.03. The summed E-state index contributed by atoms with van der Waals surface area (Å²) in [6, 6.07) is 0. The van der Waals surface area contributed by atoms with E-state index in [1.165, 1.54) is 11.8 Å². The van der Waals surface area contributed by atoms with Gasteiger partial charge in [0, 0.05) is 17.9 Å². The van der Waals surface area contributed by atoms with Crippen molar-refractivity contribution < 1.29 is 19.2 Å². The molecule has 2 N–H and O–H groups in total. The highest BCUT2D eigenvalue weighted by atomic mass is 32.2. The number of aromatic nitrogens is 1. The van der Waals surface area contributed by atoms with Gasteiger partial charge < -0.3 is 14.9 Å². The first kappa shape index (κ1) is 17.6. The first-order valence-corrected chi connectivity index (χ1v) is 8.06. The minimum Gasteiger partial charge on any atom is -0.481 e. The number of amides is 1. The Bertz CT molecular complexity index is 468. The highest BCUT2D eigenvalue weighted by molar-refractivity contribution is 7.99. The molecular weight excluding hydrogens is 292 g/mol. The molecule has 0 saturated heterocycles. The molecule has 0 bridgehead atoms. The van der Waals surface area contributed by atoms with E-state index in [4.69, 9.17) is 9.63 Å².